The summed E-state index contributed by atoms with van der Waals surface area (Å²) in [6.07, 6.45) is 0.843. The molecule has 0 aliphatic carbocycles. The van der Waals surface area contributed by atoms with E-state index in [4.69, 9.17) is 20.2 Å². The maximum Gasteiger partial charge on any atom is 0.161 e. The number of nitrogens with zero attached hydrogens (tertiary/aromatic N) is 2. The van der Waals surface area contributed by atoms with Crippen molar-refractivity contribution in [3.63, 3.8) is 0 Å². The van der Waals surface area contributed by atoms with Gasteiger partial charge in [0.25, 0.3) is 0 Å². The molecule has 0 spiro atoms. The fourth-order valence-electron chi connectivity index (χ4n) is 2.51. The lowest BCUT2D eigenvalue weighted by Gasteiger charge is -2.13. The first-order valence-electron chi connectivity index (χ1n) is 7.12. The zero-order valence-electron chi connectivity index (χ0n) is 13.3. The van der Waals surface area contributed by atoms with Crippen molar-refractivity contribution in [1.82, 2.24) is 9.55 Å². The number of anilines is 1. The van der Waals surface area contributed by atoms with Gasteiger partial charge < -0.3 is 19.8 Å². The highest BCUT2D eigenvalue weighted by molar-refractivity contribution is 5.73. The molecule has 0 bridgehead atoms. The van der Waals surface area contributed by atoms with Gasteiger partial charge in [-0.05, 0) is 32.0 Å². The van der Waals surface area contributed by atoms with Gasteiger partial charge in [-0.3, -0.25) is 0 Å². The Morgan fingerprint density at radius 1 is 1.19 bits per heavy atom. The number of hydrogen-bond acceptors (Lipinski definition) is 4. The Morgan fingerprint density at radius 2 is 1.86 bits per heavy atom. The summed E-state index contributed by atoms with van der Waals surface area (Å²) in [6, 6.07) is 6.00. The van der Waals surface area contributed by atoms with E-state index in [1.54, 1.807) is 14.2 Å². The first-order valence-corrected chi connectivity index (χ1v) is 7.12. The summed E-state index contributed by atoms with van der Waals surface area (Å²) in [4.78, 5) is 4.69. The Kier molecular flexibility index (Phi) is 4.40. The van der Waals surface area contributed by atoms with Crippen molar-refractivity contribution in [2.45, 2.75) is 33.2 Å². The second-order valence-electron chi connectivity index (χ2n) is 5.15. The number of nitrogen functional groups attached to an aromatic ring is 1. The second-order valence-corrected chi connectivity index (χ2v) is 5.15. The first kappa shape index (κ1) is 15.2. The molecule has 21 heavy (non-hydrogen) atoms. The summed E-state index contributed by atoms with van der Waals surface area (Å²) in [6.45, 7) is 6.30. The van der Waals surface area contributed by atoms with Gasteiger partial charge in [0.2, 0.25) is 0 Å². The van der Waals surface area contributed by atoms with Crippen LogP contribution in [0.5, 0.6) is 11.5 Å². The molecular weight excluding hydrogens is 266 g/mol. The summed E-state index contributed by atoms with van der Waals surface area (Å²) < 4.78 is 12.7. The van der Waals surface area contributed by atoms with E-state index in [1.807, 2.05) is 18.2 Å². The lowest BCUT2D eigenvalue weighted by atomic mass is 10.1. The summed E-state index contributed by atoms with van der Waals surface area (Å²) in [5.41, 5.74) is 8.03. The van der Waals surface area contributed by atoms with Crippen LogP contribution in [-0.4, -0.2) is 23.8 Å². The largest absolute Gasteiger partial charge is 0.493 e. The fraction of sp³-hybridized carbons (Fsp3) is 0.438. The minimum absolute atomic E-state index is 0.279. The third-order valence-electron chi connectivity index (χ3n) is 3.51. The van der Waals surface area contributed by atoms with Crippen molar-refractivity contribution in [1.29, 1.82) is 0 Å². The molecule has 5 nitrogen and oxygen atoms in total. The van der Waals surface area contributed by atoms with Crippen LogP contribution in [0.25, 0.3) is 11.3 Å². The molecule has 1 heterocycles. The average molecular weight is 289 g/mol. The van der Waals surface area contributed by atoms with Gasteiger partial charge in [-0.15, -0.1) is 0 Å². The number of aromatic nitrogens is 2. The minimum atomic E-state index is 0.279. The number of ether oxygens (including phenoxy) is 2. The van der Waals surface area contributed by atoms with E-state index in [0.29, 0.717) is 17.3 Å². The Balaban J connectivity index is 2.57. The molecule has 5 heteroatoms. The zero-order chi connectivity index (χ0) is 15.6. The predicted molar refractivity (Wildman–Crippen MR) is 84.9 cm³/mol. The normalized spacial score (nSPS) is 11.0. The molecule has 0 unspecified atom stereocenters. The quantitative estimate of drug-likeness (QED) is 0.917. The Hall–Kier alpha value is -2.17. The smallest absolute Gasteiger partial charge is 0.161 e. The number of imidazole rings is 1. The van der Waals surface area contributed by atoms with Gasteiger partial charge in [0.1, 0.15) is 17.3 Å². The van der Waals surface area contributed by atoms with Gasteiger partial charge in [-0.1, -0.05) is 6.92 Å². The number of methoxy groups -OCH3 is 2. The zero-order valence-corrected chi connectivity index (χ0v) is 13.3. The molecule has 0 fully saturated rings. The third kappa shape index (κ3) is 2.68. The van der Waals surface area contributed by atoms with Crippen LogP contribution in [0, 0.1) is 0 Å². The highest BCUT2D eigenvalue weighted by atomic mass is 16.5. The second kappa shape index (κ2) is 6.08. The average Bonchev–Trinajstić information content (AvgIpc) is 2.83. The minimum Gasteiger partial charge on any atom is -0.493 e. The molecule has 0 amide bonds. The van der Waals surface area contributed by atoms with Crippen LogP contribution in [-0.2, 0) is 6.42 Å². The van der Waals surface area contributed by atoms with Crippen molar-refractivity contribution in [3.05, 3.63) is 24.0 Å². The van der Waals surface area contributed by atoms with E-state index in [-0.39, 0.29) is 6.04 Å². The van der Waals surface area contributed by atoms with E-state index < -0.39 is 0 Å². The number of hydrogen-bond donors (Lipinski definition) is 1. The van der Waals surface area contributed by atoms with Crippen molar-refractivity contribution >= 4 is 5.82 Å². The molecule has 0 atom stereocenters. The van der Waals surface area contributed by atoms with Crippen LogP contribution >= 0.6 is 0 Å². The SMILES string of the molecule is CCc1nc(-c2ccc(OC)c(OC)c2)c(N)n1C(C)C. The van der Waals surface area contributed by atoms with Crippen molar-refractivity contribution in [3.8, 4) is 22.8 Å². The van der Waals surface area contributed by atoms with E-state index in [2.05, 4.69) is 25.3 Å². The molecule has 0 aliphatic rings. The van der Waals surface area contributed by atoms with Crippen molar-refractivity contribution in [2.75, 3.05) is 20.0 Å². The predicted octanol–water partition coefficient (Wildman–Crippen LogP) is 3.29. The maximum atomic E-state index is 6.30. The van der Waals surface area contributed by atoms with Gasteiger partial charge in [-0.2, -0.15) is 0 Å². The Bertz CT molecular complexity index is 633. The summed E-state index contributed by atoms with van der Waals surface area (Å²) in [5.74, 6) is 3.05. The van der Waals surface area contributed by atoms with Gasteiger partial charge in [-0.25, -0.2) is 4.98 Å². The molecule has 2 N–H and O–H groups in total. The van der Waals surface area contributed by atoms with E-state index >= 15 is 0 Å². The highest BCUT2D eigenvalue weighted by Gasteiger charge is 2.18. The molecule has 1 aromatic heterocycles. The fourth-order valence-corrected chi connectivity index (χ4v) is 2.51. The standard InChI is InChI=1S/C16H23N3O2/c1-6-14-18-15(16(17)19(14)10(2)3)11-7-8-12(20-4)13(9-11)21-5/h7-10H,6,17H2,1-5H3. The summed E-state index contributed by atoms with van der Waals surface area (Å²) in [7, 11) is 3.24. The molecule has 0 radical (unpaired) electrons. The van der Waals surface area contributed by atoms with Gasteiger partial charge >= 0.3 is 0 Å². The molecule has 0 saturated heterocycles. The van der Waals surface area contributed by atoms with E-state index in [9.17, 15) is 0 Å². The number of nitrogens with two attached hydrogens (primary N) is 1. The maximum absolute atomic E-state index is 6.30. The Morgan fingerprint density at radius 3 is 2.33 bits per heavy atom. The number of rotatable bonds is 5. The van der Waals surface area contributed by atoms with Crippen LogP contribution in [0.1, 0.15) is 32.6 Å². The first-order chi connectivity index (χ1) is 10.0. The highest BCUT2D eigenvalue weighted by Crippen LogP contribution is 2.35. The molecule has 2 rings (SSSR count). The lowest BCUT2D eigenvalue weighted by molar-refractivity contribution is 0.355. The molecule has 114 valence electrons. The molecule has 2 aromatic rings. The number of aryl methyl sites for hydroxylation is 1. The monoisotopic (exact) mass is 289 g/mol. The van der Waals surface area contributed by atoms with Crippen LogP contribution in [0.3, 0.4) is 0 Å². The van der Waals surface area contributed by atoms with Gasteiger partial charge in [0.15, 0.2) is 11.5 Å². The molecule has 1 aromatic carbocycles. The summed E-state index contributed by atoms with van der Waals surface area (Å²) in [5, 5.41) is 0. The third-order valence-corrected chi connectivity index (χ3v) is 3.51. The van der Waals surface area contributed by atoms with E-state index in [1.165, 1.54) is 0 Å². The molecule has 0 saturated carbocycles. The Labute approximate surface area is 125 Å². The topological polar surface area (TPSA) is 62.3 Å². The van der Waals surface area contributed by atoms with Crippen LogP contribution < -0.4 is 15.2 Å². The summed E-state index contributed by atoms with van der Waals surface area (Å²) >= 11 is 0. The van der Waals surface area contributed by atoms with Crippen molar-refractivity contribution in [2.24, 2.45) is 0 Å². The van der Waals surface area contributed by atoms with Gasteiger partial charge in [0, 0.05) is 18.0 Å². The number of benzene rings is 1. The van der Waals surface area contributed by atoms with Crippen LogP contribution in [0.2, 0.25) is 0 Å². The lowest BCUT2D eigenvalue weighted by Crippen LogP contribution is -2.08. The van der Waals surface area contributed by atoms with E-state index in [0.717, 1.165) is 23.5 Å². The molecule has 0 aliphatic heterocycles. The molecular formula is C16H23N3O2. The van der Waals surface area contributed by atoms with Crippen LogP contribution in [0.4, 0.5) is 5.82 Å². The van der Waals surface area contributed by atoms with Crippen LogP contribution in [0.15, 0.2) is 18.2 Å². The van der Waals surface area contributed by atoms with Crippen molar-refractivity contribution < 1.29 is 9.47 Å². The van der Waals surface area contributed by atoms with Gasteiger partial charge in [0.05, 0.1) is 14.2 Å².